The SMILES string of the molecule is CC(O)C(=O)NC(C)(CO)CO. The van der Waals surface area contributed by atoms with E-state index in [1.165, 1.54) is 13.8 Å². The van der Waals surface area contributed by atoms with E-state index in [1.54, 1.807) is 0 Å². The molecule has 5 heteroatoms. The summed E-state index contributed by atoms with van der Waals surface area (Å²) in [5.41, 5.74) is -1.06. The molecular formula is C7H15NO4. The van der Waals surface area contributed by atoms with Crippen molar-refractivity contribution < 1.29 is 20.1 Å². The van der Waals surface area contributed by atoms with E-state index in [-0.39, 0.29) is 13.2 Å². The summed E-state index contributed by atoms with van der Waals surface area (Å²) in [7, 11) is 0. The van der Waals surface area contributed by atoms with Gasteiger partial charge in [-0.25, -0.2) is 0 Å². The normalized spacial score (nSPS) is 14.1. The van der Waals surface area contributed by atoms with Gasteiger partial charge < -0.3 is 20.6 Å². The van der Waals surface area contributed by atoms with E-state index in [1.807, 2.05) is 0 Å². The molecule has 0 heterocycles. The molecule has 5 nitrogen and oxygen atoms in total. The second kappa shape index (κ2) is 4.39. The van der Waals surface area contributed by atoms with Gasteiger partial charge in [-0.15, -0.1) is 0 Å². The molecule has 1 unspecified atom stereocenters. The van der Waals surface area contributed by atoms with Crippen LogP contribution >= 0.6 is 0 Å². The second-order valence-corrected chi connectivity index (χ2v) is 3.04. The van der Waals surface area contributed by atoms with Crippen molar-refractivity contribution in [3.63, 3.8) is 0 Å². The molecule has 0 aliphatic heterocycles. The Morgan fingerprint density at radius 1 is 1.50 bits per heavy atom. The number of carbonyl (C=O) groups is 1. The third-order valence-corrected chi connectivity index (χ3v) is 1.50. The summed E-state index contributed by atoms with van der Waals surface area (Å²) in [6.07, 6.45) is -1.14. The van der Waals surface area contributed by atoms with Crippen molar-refractivity contribution in [2.45, 2.75) is 25.5 Å². The number of rotatable bonds is 4. The van der Waals surface area contributed by atoms with Gasteiger partial charge in [-0.1, -0.05) is 0 Å². The van der Waals surface area contributed by atoms with Crippen molar-refractivity contribution in [3.8, 4) is 0 Å². The van der Waals surface area contributed by atoms with E-state index in [4.69, 9.17) is 15.3 Å². The molecule has 0 radical (unpaired) electrons. The monoisotopic (exact) mass is 177 g/mol. The van der Waals surface area contributed by atoms with Crippen LogP contribution in [0.2, 0.25) is 0 Å². The summed E-state index contributed by atoms with van der Waals surface area (Å²) in [6, 6.07) is 0. The van der Waals surface area contributed by atoms with Crippen molar-refractivity contribution in [2.75, 3.05) is 13.2 Å². The number of hydrogen-bond donors (Lipinski definition) is 4. The maximum Gasteiger partial charge on any atom is 0.249 e. The van der Waals surface area contributed by atoms with Crippen LogP contribution in [0.3, 0.4) is 0 Å². The lowest BCUT2D eigenvalue weighted by atomic mass is 10.1. The Morgan fingerprint density at radius 3 is 2.17 bits per heavy atom. The number of nitrogens with one attached hydrogen (secondary N) is 1. The Bertz CT molecular complexity index is 153. The van der Waals surface area contributed by atoms with E-state index >= 15 is 0 Å². The topological polar surface area (TPSA) is 89.8 Å². The highest BCUT2D eigenvalue weighted by Gasteiger charge is 2.25. The average Bonchev–Trinajstić information content (AvgIpc) is 2.04. The lowest BCUT2D eigenvalue weighted by Crippen LogP contribution is -2.54. The quantitative estimate of drug-likeness (QED) is 0.409. The molecule has 0 aromatic carbocycles. The van der Waals surface area contributed by atoms with E-state index in [9.17, 15) is 4.79 Å². The molecule has 0 bridgehead atoms. The molecule has 72 valence electrons. The van der Waals surface area contributed by atoms with Crippen LogP contribution in [0.4, 0.5) is 0 Å². The standard InChI is InChI=1S/C7H15NO4/c1-5(11)6(12)8-7(2,3-9)4-10/h5,9-11H,3-4H2,1-2H3,(H,8,12). The minimum absolute atomic E-state index is 0.373. The molecule has 0 fully saturated rings. The second-order valence-electron chi connectivity index (χ2n) is 3.04. The molecule has 0 spiro atoms. The number of hydrogen-bond acceptors (Lipinski definition) is 4. The molecule has 0 rings (SSSR count). The lowest BCUT2D eigenvalue weighted by Gasteiger charge is -2.26. The Balaban J connectivity index is 4.12. The highest BCUT2D eigenvalue weighted by atomic mass is 16.3. The predicted molar refractivity (Wildman–Crippen MR) is 42.4 cm³/mol. The molecule has 12 heavy (non-hydrogen) atoms. The van der Waals surface area contributed by atoms with Crippen LogP contribution < -0.4 is 5.32 Å². The molecule has 4 N–H and O–H groups in total. The van der Waals surface area contributed by atoms with E-state index in [2.05, 4.69) is 5.32 Å². The maximum absolute atomic E-state index is 10.9. The number of carbonyl (C=O) groups excluding carboxylic acids is 1. The molecular weight excluding hydrogens is 162 g/mol. The predicted octanol–water partition coefficient (Wildman–Crippen LogP) is -1.77. The summed E-state index contributed by atoms with van der Waals surface area (Å²) in [4.78, 5) is 10.9. The van der Waals surface area contributed by atoms with Gasteiger partial charge in [-0.05, 0) is 13.8 Å². The fraction of sp³-hybridized carbons (Fsp3) is 0.857. The summed E-state index contributed by atoms with van der Waals surface area (Å²) in [5.74, 6) is -0.611. The zero-order chi connectivity index (χ0) is 9.78. The van der Waals surface area contributed by atoms with Crippen molar-refractivity contribution in [2.24, 2.45) is 0 Å². The molecule has 1 atom stereocenters. The third-order valence-electron chi connectivity index (χ3n) is 1.50. The lowest BCUT2D eigenvalue weighted by molar-refractivity contribution is -0.131. The van der Waals surface area contributed by atoms with Crippen molar-refractivity contribution in [3.05, 3.63) is 0 Å². The first-order valence-corrected chi connectivity index (χ1v) is 3.67. The van der Waals surface area contributed by atoms with Gasteiger partial charge in [0.25, 0.3) is 0 Å². The van der Waals surface area contributed by atoms with Crippen LogP contribution in [-0.4, -0.2) is 46.1 Å². The minimum atomic E-state index is -1.14. The molecule has 0 saturated carbocycles. The van der Waals surface area contributed by atoms with E-state index < -0.39 is 17.6 Å². The third kappa shape index (κ3) is 3.17. The Kier molecular flexibility index (Phi) is 4.16. The Morgan fingerprint density at radius 2 is 1.92 bits per heavy atom. The van der Waals surface area contributed by atoms with Crippen LogP contribution in [0.25, 0.3) is 0 Å². The molecule has 0 aliphatic rings. The molecule has 0 aromatic heterocycles. The fourth-order valence-electron chi connectivity index (χ4n) is 0.531. The first-order valence-electron chi connectivity index (χ1n) is 3.67. The fourth-order valence-corrected chi connectivity index (χ4v) is 0.531. The van der Waals surface area contributed by atoms with Crippen LogP contribution in [0, 0.1) is 0 Å². The molecule has 1 amide bonds. The summed E-state index contributed by atoms with van der Waals surface area (Å²) in [5, 5.41) is 28.6. The van der Waals surface area contributed by atoms with E-state index in [0.717, 1.165) is 0 Å². The van der Waals surface area contributed by atoms with Gasteiger partial charge in [-0.2, -0.15) is 0 Å². The zero-order valence-electron chi connectivity index (χ0n) is 7.24. The molecule has 0 saturated heterocycles. The Labute approximate surface area is 71.0 Å². The number of aliphatic hydroxyl groups is 3. The number of amides is 1. The summed E-state index contributed by atoms with van der Waals surface area (Å²) < 4.78 is 0. The van der Waals surface area contributed by atoms with Gasteiger partial charge >= 0.3 is 0 Å². The van der Waals surface area contributed by atoms with Crippen LogP contribution in [0.1, 0.15) is 13.8 Å². The average molecular weight is 177 g/mol. The maximum atomic E-state index is 10.9. The first kappa shape index (κ1) is 11.4. The van der Waals surface area contributed by atoms with E-state index in [0.29, 0.717) is 0 Å². The van der Waals surface area contributed by atoms with Gasteiger partial charge in [0, 0.05) is 0 Å². The molecule has 0 aromatic rings. The van der Waals surface area contributed by atoms with Crippen LogP contribution in [-0.2, 0) is 4.79 Å². The van der Waals surface area contributed by atoms with Gasteiger partial charge in [0.2, 0.25) is 5.91 Å². The van der Waals surface area contributed by atoms with Gasteiger partial charge in [0.1, 0.15) is 6.10 Å². The van der Waals surface area contributed by atoms with Crippen LogP contribution in [0.15, 0.2) is 0 Å². The smallest absolute Gasteiger partial charge is 0.249 e. The Hall–Kier alpha value is -0.650. The van der Waals surface area contributed by atoms with Crippen LogP contribution in [0.5, 0.6) is 0 Å². The highest BCUT2D eigenvalue weighted by molar-refractivity contribution is 5.80. The van der Waals surface area contributed by atoms with Crippen molar-refractivity contribution in [1.29, 1.82) is 0 Å². The van der Waals surface area contributed by atoms with Crippen molar-refractivity contribution in [1.82, 2.24) is 5.32 Å². The largest absolute Gasteiger partial charge is 0.394 e. The molecule has 0 aliphatic carbocycles. The highest BCUT2D eigenvalue weighted by Crippen LogP contribution is 2.00. The number of aliphatic hydroxyl groups excluding tert-OH is 3. The van der Waals surface area contributed by atoms with Crippen molar-refractivity contribution >= 4 is 5.91 Å². The van der Waals surface area contributed by atoms with Gasteiger partial charge in [0.15, 0.2) is 0 Å². The van der Waals surface area contributed by atoms with Gasteiger partial charge in [-0.3, -0.25) is 4.79 Å². The minimum Gasteiger partial charge on any atom is -0.394 e. The first-order chi connectivity index (χ1) is 5.45. The van der Waals surface area contributed by atoms with Gasteiger partial charge in [0.05, 0.1) is 18.8 Å². The zero-order valence-corrected chi connectivity index (χ0v) is 7.24. The summed E-state index contributed by atoms with van der Waals surface area (Å²) in [6.45, 7) is 2.04. The summed E-state index contributed by atoms with van der Waals surface area (Å²) >= 11 is 0.